The summed E-state index contributed by atoms with van der Waals surface area (Å²) in [6.07, 6.45) is 8.34. The Kier molecular flexibility index (Phi) is 6.28. The van der Waals surface area contributed by atoms with Gasteiger partial charge in [-0.15, -0.1) is 0 Å². The second-order valence-corrected chi connectivity index (χ2v) is 6.92. The zero-order chi connectivity index (χ0) is 15.1. The molecule has 21 heavy (non-hydrogen) atoms. The van der Waals surface area contributed by atoms with Crippen molar-refractivity contribution in [1.82, 2.24) is 0 Å². The van der Waals surface area contributed by atoms with Gasteiger partial charge in [-0.25, -0.2) is 0 Å². The fourth-order valence-corrected chi connectivity index (χ4v) is 3.75. The van der Waals surface area contributed by atoms with Crippen LogP contribution < -0.4 is 4.74 Å². The van der Waals surface area contributed by atoms with Gasteiger partial charge in [-0.1, -0.05) is 53.7 Å². The van der Waals surface area contributed by atoms with E-state index in [0.29, 0.717) is 6.42 Å². The molecule has 116 valence electrons. The maximum atomic E-state index is 11.1. The quantitative estimate of drug-likeness (QED) is 0.535. The van der Waals surface area contributed by atoms with Crippen LogP contribution >= 0.6 is 15.9 Å². The van der Waals surface area contributed by atoms with E-state index in [2.05, 4.69) is 15.9 Å². The Morgan fingerprint density at radius 2 is 1.76 bits per heavy atom. The van der Waals surface area contributed by atoms with E-state index >= 15 is 0 Å². The van der Waals surface area contributed by atoms with Crippen molar-refractivity contribution >= 4 is 21.7 Å². The average molecular weight is 353 g/mol. The first-order chi connectivity index (χ1) is 10.1. The molecule has 0 atom stereocenters. The summed E-state index contributed by atoms with van der Waals surface area (Å²) in [5, 5.41) is 1.02. The molecule has 0 N–H and O–H groups in total. The fraction of sp³-hybridized carbons (Fsp3) is 0.611. The van der Waals surface area contributed by atoms with Crippen molar-refractivity contribution in [3.63, 3.8) is 0 Å². The third-order valence-corrected chi connectivity index (χ3v) is 5.56. The monoisotopic (exact) mass is 352 g/mol. The molecule has 1 saturated carbocycles. The summed E-state index contributed by atoms with van der Waals surface area (Å²) in [6, 6.07) is 7.95. The number of benzene rings is 1. The third-order valence-electron chi connectivity index (χ3n) is 4.37. The lowest BCUT2D eigenvalue weighted by molar-refractivity contribution is -0.116. The molecule has 0 amide bonds. The van der Waals surface area contributed by atoms with Gasteiger partial charge in [0.2, 0.25) is 0 Å². The van der Waals surface area contributed by atoms with E-state index in [9.17, 15) is 4.79 Å². The highest BCUT2D eigenvalue weighted by Gasteiger charge is 2.30. The van der Waals surface area contributed by atoms with E-state index in [-0.39, 0.29) is 11.2 Å². The summed E-state index contributed by atoms with van der Waals surface area (Å²) < 4.78 is 6.04. The lowest BCUT2D eigenvalue weighted by Crippen LogP contribution is -2.29. The maximum absolute atomic E-state index is 11.1. The zero-order valence-electron chi connectivity index (χ0n) is 12.9. The van der Waals surface area contributed by atoms with Crippen LogP contribution in [-0.4, -0.2) is 17.7 Å². The van der Waals surface area contributed by atoms with Crippen LogP contribution in [0.5, 0.6) is 5.75 Å². The largest absolute Gasteiger partial charge is 0.493 e. The summed E-state index contributed by atoms with van der Waals surface area (Å²) in [6.45, 7) is 2.40. The molecule has 0 saturated heterocycles. The highest BCUT2D eigenvalue weighted by Crippen LogP contribution is 2.37. The minimum absolute atomic E-state index is 0.195. The minimum Gasteiger partial charge on any atom is -0.493 e. The number of carbonyl (C=O) groups excluding carboxylic acids is 1. The molecule has 2 rings (SSSR count). The maximum Gasteiger partial charge on any atom is 0.134 e. The number of hydrogen-bond acceptors (Lipinski definition) is 2. The van der Waals surface area contributed by atoms with E-state index in [1.54, 1.807) is 6.92 Å². The number of ether oxygens (including phenoxy) is 1. The van der Waals surface area contributed by atoms with Crippen LogP contribution in [0.25, 0.3) is 0 Å². The van der Waals surface area contributed by atoms with Crippen molar-refractivity contribution in [3.8, 4) is 5.75 Å². The molecule has 0 bridgehead atoms. The molecular formula is C18H25BrO2. The van der Waals surface area contributed by atoms with Crippen molar-refractivity contribution < 1.29 is 9.53 Å². The Morgan fingerprint density at radius 1 is 1.14 bits per heavy atom. The van der Waals surface area contributed by atoms with E-state index in [0.717, 1.165) is 23.2 Å². The number of alkyl halides is 1. The molecule has 0 spiro atoms. The first-order valence-corrected chi connectivity index (χ1v) is 9.03. The van der Waals surface area contributed by atoms with Gasteiger partial charge >= 0.3 is 0 Å². The molecule has 0 unspecified atom stereocenters. The van der Waals surface area contributed by atoms with Crippen LogP contribution in [0.4, 0.5) is 0 Å². The Bertz CT molecular complexity index is 445. The van der Waals surface area contributed by atoms with E-state index in [1.165, 1.54) is 38.5 Å². The van der Waals surface area contributed by atoms with E-state index in [4.69, 9.17) is 4.74 Å². The van der Waals surface area contributed by atoms with Crippen LogP contribution in [-0.2, 0) is 11.2 Å². The summed E-state index contributed by atoms with van der Waals surface area (Å²) in [4.78, 5) is 11.1. The Hall–Kier alpha value is -0.830. The molecule has 1 fully saturated rings. The van der Waals surface area contributed by atoms with Crippen molar-refractivity contribution in [2.45, 2.75) is 51.9 Å². The molecular weight excluding hydrogens is 328 g/mol. The average Bonchev–Trinajstić information content (AvgIpc) is 2.72. The van der Waals surface area contributed by atoms with Gasteiger partial charge in [0.05, 0.1) is 6.61 Å². The fourth-order valence-electron chi connectivity index (χ4n) is 3.02. The smallest absolute Gasteiger partial charge is 0.134 e. The van der Waals surface area contributed by atoms with Gasteiger partial charge in [0.25, 0.3) is 0 Å². The lowest BCUT2D eigenvalue weighted by atomic mass is 9.83. The van der Waals surface area contributed by atoms with Gasteiger partial charge in [-0.05, 0) is 37.5 Å². The first-order valence-electron chi connectivity index (χ1n) is 7.91. The zero-order valence-corrected chi connectivity index (χ0v) is 14.5. The summed E-state index contributed by atoms with van der Waals surface area (Å²) in [7, 11) is 0. The molecule has 0 heterocycles. The third kappa shape index (κ3) is 5.14. The summed E-state index contributed by atoms with van der Waals surface area (Å²) in [5.41, 5.74) is 1.34. The number of carbonyl (C=O) groups is 1. The van der Waals surface area contributed by atoms with Gasteiger partial charge < -0.3 is 4.74 Å². The molecule has 0 aromatic heterocycles. The van der Waals surface area contributed by atoms with Gasteiger partial charge in [0, 0.05) is 17.2 Å². The molecule has 0 radical (unpaired) electrons. The van der Waals surface area contributed by atoms with Gasteiger partial charge in [-0.3, -0.25) is 4.79 Å². The van der Waals surface area contributed by atoms with Crippen molar-refractivity contribution in [3.05, 3.63) is 29.8 Å². The molecule has 1 aliphatic carbocycles. The van der Waals surface area contributed by atoms with Crippen molar-refractivity contribution in [2.24, 2.45) is 5.41 Å². The van der Waals surface area contributed by atoms with Crippen LogP contribution in [0.15, 0.2) is 24.3 Å². The standard InChI is InChI=1S/C18H25BrO2/c1-15(20)12-16-6-8-17(9-7-16)21-14-18(13-19)10-4-2-3-5-11-18/h6-9H,2-5,10-14H2,1H3. The minimum atomic E-state index is 0.195. The highest BCUT2D eigenvalue weighted by atomic mass is 79.9. The molecule has 0 aliphatic heterocycles. The van der Waals surface area contributed by atoms with Gasteiger partial charge in [0.15, 0.2) is 0 Å². The lowest BCUT2D eigenvalue weighted by Gasteiger charge is -2.30. The Labute approximate surface area is 136 Å². The number of halogens is 1. The molecule has 1 aliphatic rings. The Balaban J connectivity index is 1.92. The molecule has 3 heteroatoms. The predicted octanol–water partition coefficient (Wildman–Crippen LogP) is 4.93. The number of hydrogen-bond donors (Lipinski definition) is 0. The van der Waals surface area contributed by atoms with E-state index in [1.807, 2.05) is 24.3 Å². The van der Waals surface area contributed by atoms with Crippen molar-refractivity contribution in [1.29, 1.82) is 0 Å². The summed E-state index contributed by atoms with van der Waals surface area (Å²) >= 11 is 3.70. The predicted molar refractivity (Wildman–Crippen MR) is 90.3 cm³/mol. The molecule has 1 aromatic rings. The number of ketones is 1. The Morgan fingerprint density at radius 3 is 2.29 bits per heavy atom. The van der Waals surface area contributed by atoms with Crippen molar-refractivity contribution in [2.75, 3.05) is 11.9 Å². The second-order valence-electron chi connectivity index (χ2n) is 6.36. The normalized spacial score (nSPS) is 18.0. The second kappa shape index (κ2) is 7.98. The van der Waals surface area contributed by atoms with Crippen LogP contribution in [0, 0.1) is 5.41 Å². The van der Waals surface area contributed by atoms with Crippen LogP contribution in [0.2, 0.25) is 0 Å². The van der Waals surface area contributed by atoms with Gasteiger partial charge in [0.1, 0.15) is 11.5 Å². The van der Waals surface area contributed by atoms with E-state index < -0.39 is 0 Å². The number of rotatable bonds is 6. The topological polar surface area (TPSA) is 26.3 Å². The SMILES string of the molecule is CC(=O)Cc1ccc(OCC2(CBr)CCCCCC2)cc1. The van der Waals surface area contributed by atoms with Gasteiger partial charge in [-0.2, -0.15) is 0 Å². The molecule has 1 aromatic carbocycles. The first kappa shape index (κ1) is 16.5. The summed E-state index contributed by atoms with van der Waals surface area (Å²) in [5.74, 6) is 1.10. The highest BCUT2D eigenvalue weighted by molar-refractivity contribution is 9.09. The molecule has 2 nitrogen and oxygen atoms in total. The number of Topliss-reactive ketones (excluding diaryl/α,β-unsaturated/α-hetero) is 1. The van der Waals surface area contributed by atoms with Crippen LogP contribution in [0.1, 0.15) is 51.0 Å². The van der Waals surface area contributed by atoms with Crippen LogP contribution in [0.3, 0.4) is 0 Å².